The molecule has 0 spiro atoms. The number of aliphatic imine (C=N–C) groups is 1. The molecular formula is C20H22BrN3OS. The summed E-state index contributed by atoms with van der Waals surface area (Å²) < 4.78 is 7.04. The van der Waals surface area contributed by atoms with Crippen LogP contribution < -0.4 is 4.74 Å². The van der Waals surface area contributed by atoms with Crippen molar-refractivity contribution >= 4 is 32.9 Å². The van der Waals surface area contributed by atoms with E-state index in [2.05, 4.69) is 50.9 Å². The van der Waals surface area contributed by atoms with E-state index < -0.39 is 0 Å². The number of fused-ring (bicyclic) bond motifs is 1. The Labute approximate surface area is 167 Å². The fourth-order valence-corrected chi connectivity index (χ4v) is 5.44. The van der Waals surface area contributed by atoms with E-state index >= 15 is 0 Å². The maximum atomic E-state index is 5.98. The lowest BCUT2D eigenvalue weighted by molar-refractivity contribution is 0.245. The van der Waals surface area contributed by atoms with Crippen LogP contribution in [0.2, 0.25) is 0 Å². The summed E-state index contributed by atoms with van der Waals surface area (Å²) in [4.78, 5) is 12.2. The van der Waals surface area contributed by atoms with E-state index in [4.69, 9.17) is 9.73 Å². The second-order valence-electron chi connectivity index (χ2n) is 6.45. The minimum absolute atomic E-state index is 0.0124. The first-order valence-corrected chi connectivity index (χ1v) is 10.8. The van der Waals surface area contributed by atoms with Crippen molar-refractivity contribution in [3.05, 3.63) is 58.3 Å². The highest BCUT2D eigenvalue weighted by molar-refractivity contribution is 9.10. The summed E-state index contributed by atoms with van der Waals surface area (Å²) in [7, 11) is 0. The molecule has 1 aromatic carbocycles. The van der Waals surface area contributed by atoms with Crippen molar-refractivity contribution in [1.29, 1.82) is 0 Å². The first kappa shape index (κ1) is 17.9. The average Bonchev–Trinajstić information content (AvgIpc) is 3.23. The van der Waals surface area contributed by atoms with E-state index in [0.29, 0.717) is 12.6 Å². The molecule has 4 nitrogen and oxygen atoms in total. The van der Waals surface area contributed by atoms with Crippen molar-refractivity contribution in [2.24, 2.45) is 4.99 Å². The number of pyridine rings is 1. The number of nitrogens with zero attached hydrogens (tertiary/aromatic N) is 3. The molecule has 0 unspecified atom stereocenters. The minimum atomic E-state index is -0.0124. The van der Waals surface area contributed by atoms with Crippen LogP contribution in [-0.4, -0.2) is 33.5 Å². The quantitative estimate of drug-likeness (QED) is 0.649. The van der Waals surface area contributed by atoms with Gasteiger partial charge in [0.25, 0.3) is 0 Å². The molecule has 3 heterocycles. The molecule has 26 heavy (non-hydrogen) atoms. The molecule has 2 aromatic rings. The summed E-state index contributed by atoms with van der Waals surface area (Å²) in [6.45, 7) is 4.93. The zero-order valence-corrected chi connectivity index (χ0v) is 17.3. The third kappa shape index (κ3) is 3.14. The maximum absolute atomic E-state index is 5.98. The predicted molar refractivity (Wildman–Crippen MR) is 111 cm³/mol. The largest absolute Gasteiger partial charge is 0.494 e. The Morgan fingerprint density at radius 2 is 2.15 bits per heavy atom. The Kier molecular flexibility index (Phi) is 5.23. The zero-order valence-electron chi connectivity index (χ0n) is 14.9. The number of rotatable bonds is 5. The van der Waals surface area contributed by atoms with Crippen LogP contribution in [-0.2, 0) is 0 Å². The molecule has 6 heteroatoms. The normalized spacial score (nSPS) is 24.5. The van der Waals surface area contributed by atoms with Gasteiger partial charge in [0.1, 0.15) is 11.8 Å². The Hall–Kier alpha value is -1.53. The van der Waals surface area contributed by atoms with Gasteiger partial charge in [-0.2, -0.15) is 0 Å². The van der Waals surface area contributed by atoms with Crippen LogP contribution in [0, 0.1) is 0 Å². The molecule has 1 saturated heterocycles. The number of halogens is 1. The van der Waals surface area contributed by atoms with Gasteiger partial charge in [-0.15, -0.1) is 0 Å². The van der Waals surface area contributed by atoms with E-state index in [9.17, 15) is 0 Å². The fourth-order valence-electron chi connectivity index (χ4n) is 3.72. The minimum Gasteiger partial charge on any atom is -0.494 e. The second-order valence-corrected chi connectivity index (χ2v) is 8.35. The first-order valence-electron chi connectivity index (χ1n) is 9.05. The van der Waals surface area contributed by atoms with Gasteiger partial charge >= 0.3 is 0 Å². The van der Waals surface area contributed by atoms with E-state index in [1.165, 1.54) is 5.56 Å². The van der Waals surface area contributed by atoms with Crippen molar-refractivity contribution in [1.82, 2.24) is 9.88 Å². The van der Waals surface area contributed by atoms with Gasteiger partial charge in [0, 0.05) is 28.0 Å². The third-order valence-corrected chi connectivity index (χ3v) is 6.54. The number of benzene rings is 1. The van der Waals surface area contributed by atoms with Crippen LogP contribution in [0.5, 0.6) is 5.75 Å². The monoisotopic (exact) mass is 431 g/mol. The van der Waals surface area contributed by atoms with Gasteiger partial charge in [0.15, 0.2) is 5.17 Å². The van der Waals surface area contributed by atoms with Crippen LogP contribution in [0.3, 0.4) is 0 Å². The molecule has 0 N–H and O–H groups in total. The van der Waals surface area contributed by atoms with Gasteiger partial charge in [-0.25, -0.2) is 0 Å². The van der Waals surface area contributed by atoms with Crippen LogP contribution in [0.15, 0.2) is 52.1 Å². The Morgan fingerprint density at radius 1 is 1.27 bits per heavy atom. The van der Waals surface area contributed by atoms with Crippen molar-refractivity contribution in [2.45, 2.75) is 38.4 Å². The zero-order chi connectivity index (χ0) is 18.1. The molecular weight excluding hydrogens is 410 g/mol. The van der Waals surface area contributed by atoms with Gasteiger partial charge in [-0.3, -0.25) is 9.98 Å². The summed E-state index contributed by atoms with van der Waals surface area (Å²) >= 11 is 5.50. The lowest BCUT2D eigenvalue weighted by Crippen LogP contribution is -2.35. The summed E-state index contributed by atoms with van der Waals surface area (Å²) in [6, 6.07) is 12.9. The maximum Gasteiger partial charge on any atom is 0.160 e. The number of ether oxygens (including phenoxy) is 1. The molecule has 0 bridgehead atoms. The van der Waals surface area contributed by atoms with Gasteiger partial charge in [-0.05, 0) is 43.7 Å². The highest BCUT2D eigenvalue weighted by Gasteiger charge is 2.46. The van der Waals surface area contributed by atoms with Crippen LogP contribution in [0.4, 0.5) is 0 Å². The molecule has 0 amide bonds. The number of aromatic nitrogens is 1. The van der Waals surface area contributed by atoms with E-state index in [0.717, 1.165) is 33.3 Å². The number of hydrogen-bond acceptors (Lipinski definition) is 5. The van der Waals surface area contributed by atoms with Crippen LogP contribution in [0.1, 0.15) is 43.6 Å². The lowest BCUT2D eigenvalue weighted by atomic mass is 9.94. The molecule has 1 fully saturated rings. The summed E-state index contributed by atoms with van der Waals surface area (Å²) in [5.41, 5.74) is 2.19. The van der Waals surface area contributed by atoms with Gasteiger partial charge in [0.2, 0.25) is 0 Å². The molecule has 2 aliphatic heterocycles. The smallest absolute Gasteiger partial charge is 0.160 e. The molecule has 3 atom stereocenters. The van der Waals surface area contributed by atoms with Crippen molar-refractivity contribution in [2.75, 3.05) is 12.4 Å². The fraction of sp³-hybridized carbons (Fsp3) is 0.400. The SMILES string of the molecule is CCOc1ccc(Br)cc1[C@H]1[C@@H](c2ccccn2)N=C2SC[C@@H](CC)N21. The number of hydrogen-bond donors (Lipinski definition) is 0. The second kappa shape index (κ2) is 7.61. The topological polar surface area (TPSA) is 37.7 Å². The Morgan fingerprint density at radius 3 is 2.88 bits per heavy atom. The highest BCUT2D eigenvalue weighted by atomic mass is 79.9. The molecule has 136 valence electrons. The number of amidine groups is 1. The van der Waals surface area contributed by atoms with Crippen molar-refractivity contribution in [3.8, 4) is 5.75 Å². The van der Waals surface area contributed by atoms with Crippen LogP contribution in [0.25, 0.3) is 0 Å². The lowest BCUT2D eigenvalue weighted by Gasteiger charge is -2.32. The third-order valence-electron chi connectivity index (χ3n) is 4.92. The van der Waals surface area contributed by atoms with Crippen molar-refractivity contribution in [3.63, 3.8) is 0 Å². The first-order chi connectivity index (χ1) is 12.7. The van der Waals surface area contributed by atoms with Crippen molar-refractivity contribution < 1.29 is 4.74 Å². The summed E-state index contributed by atoms with van der Waals surface area (Å²) in [5, 5.41) is 1.14. The standard InChI is InChI=1S/C20H22BrN3OS/c1-3-14-12-26-20-23-18(16-7-5-6-10-22-16)19(24(14)20)15-11-13(21)8-9-17(15)25-4-2/h5-11,14,18-19H,3-4,12H2,1-2H3/t14-,18-,19+/m1/s1. The summed E-state index contributed by atoms with van der Waals surface area (Å²) in [6.07, 6.45) is 2.96. The van der Waals surface area contributed by atoms with E-state index in [1.54, 1.807) is 0 Å². The molecule has 2 aliphatic rings. The Bertz CT molecular complexity index is 814. The number of thioether (sulfide) groups is 1. The van der Waals surface area contributed by atoms with Gasteiger partial charge in [-0.1, -0.05) is 40.7 Å². The molecule has 0 radical (unpaired) electrons. The predicted octanol–water partition coefficient (Wildman–Crippen LogP) is 5.22. The van der Waals surface area contributed by atoms with Gasteiger partial charge < -0.3 is 9.64 Å². The summed E-state index contributed by atoms with van der Waals surface area (Å²) in [5.74, 6) is 2.03. The molecule has 1 aromatic heterocycles. The van der Waals surface area contributed by atoms with Gasteiger partial charge in [0.05, 0.1) is 18.3 Å². The molecule has 4 rings (SSSR count). The molecule has 0 aliphatic carbocycles. The average molecular weight is 432 g/mol. The highest BCUT2D eigenvalue weighted by Crippen LogP contribution is 2.50. The Balaban J connectivity index is 1.84. The van der Waals surface area contributed by atoms with E-state index in [1.807, 2.05) is 43.1 Å². The van der Waals surface area contributed by atoms with E-state index in [-0.39, 0.29) is 12.1 Å². The molecule has 0 saturated carbocycles. The van der Waals surface area contributed by atoms with Crippen LogP contribution >= 0.6 is 27.7 Å².